The van der Waals surface area contributed by atoms with Crippen LogP contribution in [0.2, 0.25) is 0 Å². The average molecular weight is 234 g/mol. The van der Waals surface area contributed by atoms with Gasteiger partial charge >= 0.3 is 0 Å². The first-order chi connectivity index (χ1) is 8.13. The fraction of sp³-hybridized carbons (Fsp3) is 0.500. The highest BCUT2D eigenvalue weighted by molar-refractivity contribution is 5.76. The van der Waals surface area contributed by atoms with Gasteiger partial charge in [-0.2, -0.15) is 0 Å². The molecule has 0 saturated heterocycles. The number of carbonyl (C=O) groups is 1. The smallest absolute Gasteiger partial charge is 0.220 e. The van der Waals surface area contributed by atoms with E-state index in [1.165, 1.54) is 0 Å². The molecule has 1 aromatic rings. The van der Waals surface area contributed by atoms with E-state index in [0.717, 1.165) is 42.6 Å². The Kier molecular flexibility index (Phi) is 5.53. The molecule has 1 aromatic carbocycles. The molecule has 0 aliphatic heterocycles. The van der Waals surface area contributed by atoms with Crippen molar-refractivity contribution < 1.29 is 4.79 Å². The van der Waals surface area contributed by atoms with Crippen LogP contribution in [0.3, 0.4) is 0 Å². The Morgan fingerprint density at radius 3 is 2.82 bits per heavy atom. The van der Waals surface area contributed by atoms with Crippen LogP contribution in [-0.2, 0) is 11.2 Å². The van der Waals surface area contributed by atoms with Gasteiger partial charge in [0.1, 0.15) is 0 Å². The van der Waals surface area contributed by atoms with Crippen LogP contribution in [0.5, 0.6) is 0 Å². The van der Waals surface area contributed by atoms with Crippen LogP contribution in [0.1, 0.15) is 37.3 Å². The maximum Gasteiger partial charge on any atom is 0.220 e. The van der Waals surface area contributed by atoms with E-state index in [-0.39, 0.29) is 5.91 Å². The Balaban J connectivity index is 2.34. The molecule has 3 N–H and O–H groups in total. The van der Waals surface area contributed by atoms with Crippen LogP contribution >= 0.6 is 0 Å². The van der Waals surface area contributed by atoms with Gasteiger partial charge in [-0.1, -0.05) is 25.5 Å². The molecule has 0 fully saturated rings. The molecule has 0 radical (unpaired) electrons. The predicted molar refractivity (Wildman–Crippen MR) is 71.8 cm³/mol. The van der Waals surface area contributed by atoms with E-state index in [2.05, 4.69) is 12.2 Å². The van der Waals surface area contributed by atoms with E-state index in [9.17, 15) is 4.79 Å². The molecule has 0 aliphatic rings. The van der Waals surface area contributed by atoms with Gasteiger partial charge in [0.2, 0.25) is 5.91 Å². The van der Waals surface area contributed by atoms with Crippen molar-refractivity contribution in [2.24, 2.45) is 0 Å². The summed E-state index contributed by atoms with van der Waals surface area (Å²) in [5, 5.41) is 2.91. The Bertz CT molecular complexity index is 374. The molecule has 0 saturated carbocycles. The molecule has 0 aliphatic carbocycles. The van der Waals surface area contributed by atoms with Crippen LogP contribution in [-0.4, -0.2) is 12.5 Å². The molecular weight excluding hydrogens is 212 g/mol. The number of anilines is 1. The summed E-state index contributed by atoms with van der Waals surface area (Å²) >= 11 is 0. The fourth-order valence-electron chi connectivity index (χ4n) is 1.60. The van der Waals surface area contributed by atoms with Crippen LogP contribution in [0.4, 0.5) is 5.69 Å². The number of benzene rings is 1. The van der Waals surface area contributed by atoms with E-state index in [1.54, 1.807) is 0 Å². The van der Waals surface area contributed by atoms with E-state index in [0.29, 0.717) is 6.42 Å². The van der Waals surface area contributed by atoms with E-state index in [1.807, 2.05) is 25.1 Å². The number of hydrogen-bond donors (Lipinski definition) is 2. The molecule has 0 aromatic heterocycles. The number of carbonyl (C=O) groups excluding carboxylic acids is 1. The summed E-state index contributed by atoms with van der Waals surface area (Å²) in [6.45, 7) is 4.88. The Hall–Kier alpha value is -1.51. The van der Waals surface area contributed by atoms with Crippen LogP contribution in [0.15, 0.2) is 18.2 Å². The highest BCUT2D eigenvalue weighted by Gasteiger charge is 2.02. The van der Waals surface area contributed by atoms with E-state index >= 15 is 0 Å². The van der Waals surface area contributed by atoms with Crippen molar-refractivity contribution in [1.29, 1.82) is 0 Å². The number of nitrogens with one attached hydrogen (secondary N) is 1. The minimum absolute atomic E-state index is 0.123. The van der Waals surface area contributed by atoms with Gasteiger partial charge in [0.25, 0.3) is 0 Å². The minimum atomic E-state index is 0.123. The minimum Gasteiger partial charge on any atom is -0.399 e. The Labute approximate surface area is 103 Å². The molecule has 0 heterocycles. The number of aryl methyl sites for hydroxylation is 2. The van der Waals surface area contributed by atoms with Crippen molar-refractivity contribution in [2.45, 2.75) is 39.5 Å². The summed E-state index contributed by atoms with van der Waals surface area (Å²) < 4.78 is 0. The molecule has 3 nitrogen and oxygen atoms in total. The number of rotatable bonds is 6. The standard InChI is InChI=1S/C14H22N2O/c1-3-4-9-16-14(17)8-7-12-6-5-11(2)13(15)10-12/h5-6,10H,3-4,7-9,15H2,1-2H3,(H,16,17). The lowest BCUT2D eigenvalue weighted by molar-refractivity contribution is -0.121. The predicted octanol–water partition coefficient (Wildman–Crippen LogP) is 2.43. The molecule has 0 spiro atoms. The summed E-state index contributed by atoms with van der Waals surface area (Å²) in [5.74, 6) is 0.123. The number of unbranched alkanes of at least 4 members (excludes halogenated alkanes) is 1. The zero-order valence-electron chi connectivity index (χ0n) is 10.8. The van der Waals surface area contributed by atoms with Crippen molar-refractivity contribution in [3.05, 3.63) is 29.3 Å². The number of nitrogens with two attached hydrogens (primary N) is 1. The second kappa shape index (κ2) is 6.94. The van der Waals surface area contributed by atoms with Crippen molar-refractivity contribution in [3.63, 3.8) is 0 Å². The van der Waals surface area contributed by atoms with E-state index in [4.69, 9.17) is 5.73 Å². The highest BCUT2D eigenvalue weighted by Crippen LogP contribution is 2.14. The Morgan fingerprint density at radius 1 is 1.41 bits per heavy atom. The monoisotopic (exact) mass is 234 g/mol. The van der Waals surface area contributed by atoms with Gasteiger partial charge in [-0.25, -0.2) is 0 Å². The molecular formula is C14H22N2O. The molecule has 0 unspecified atom stereocenters. The molecule has 3 heteroatoms. The van der Waals surface area contributed by atoms with Gasteiger partial charge in [0.05, 0.1) is 0 Å². The normalized spacial score (nSPS) is 10.2. The molecule has 94 valence electrons. The topological polar surface area (TPSA) is 55.1 Å². The maximum absolute atomic E-state index is 11.5. The SMILES string of the molecule is CCCCNC(=O)CCc1ccc(C)c(N)c1. The van der Waals surface area contributed by atoms with Crippen molar-refractivity contribution in [3.8, 4) is 0 Å². The zero-order chi connectivity index (χ0) is 12.7. The average Bonchev–Trinajstić information content (AvgIpc) is 2.31. The largest absolute Gasteiger partial charge is 0.399 e. The maximum atomic E-state index is 11.5. The van der Waals surface area contributed by atoms with Crippen molar-refractivity contribution >= 4 is 11.6 Å². The first-order valence-corrected chi connectivity index (χ1v) is 6.25. The van der Waals surface area contributed by atoms with Gasteiger partial charge in [-0.15, -0.1) is 0 Å². The first kappa shape index (κ1) is 13.6. The lowest BCUT2D eigenvalue weighted by Crippen LogP contribution is -2.24. The van der Waals surface area contributed by atoms with E-state index < -0.39 is 0 Å². The van der Waals surface area contributed by atoms with Crippen LogP contribution < -0.4 is 11.1 Å². The first-order valence-electron chi connectivity index (χ1n) is 6.25. The molecule has 0 atom stereocenters. The third kappa shape index (κ3) is 4.89. The number of amides is 1. The quantitative estimate of drug-likeness (QED) is 0.586. The molecule has 0 bridgehead atoms. The Morgan fingerprint density at radius 2 is 2.18 bits per heavy atom. The summed E-state index contributed by atoms with van der Waals surface area (Å²) in [5.41, 5.74) is 8.83. The number of nitrogen functional groups attached to an aromatic ring is 1. The molecule has 1 amide bonds. The van der Waals surface area contributed by atoms with Gasteiger partial charge in [0, 0.05) is 18.7 Å². The highest BCUT2D eigenvalue weighted by atomic mass is 16.1. The third-order valence-corrected chi connectivity index (χ3v) is 2.84. The molecule has 1 rings (SSSR count). The van der Waals surface area contributed by atoms with Gasteiger partial charge in [-0.3, -0.25) is 4.79 Å². The number of hydrogen-bond acceptors (Lipinski definition) is 2. The zero-order valence-corrected chi connectivity index (χ0v) is 10.8. The summed E-state index contributed by atoms with van der Waals surface area (Å²) in [4.78, 5) is 11.5. The van der Waals surface area contributed by atoms with Gasteiger partial charge in [0.15, 0.2) is 0 Å². The van der Waals surface area contributed by atoms with Gasteiger partial charge < -0.3 is 11.1 Å². The summed E-state index contributed by atoms with van der Waals surface area (Å²) in [6.07, 6.45) is 3.44. The summed E-state index contributed by atoms with van der Waals surface area (Å²) in [6, 6.07) is 5.99. The lowest BCUT2D eigenvalue weighted by atomic mass is 10.1. The second-order valence-corrected chi connectivity index (χ2v) is 4.39. The van der Waals surface area contributed by atoms with Crippen molar-refractivity contribution in [1.82, 2.24) is 5.32 Å². The fourth-order valence-corrected chi connectivity index (χ4v) is 1.60. The third-order valence-electron chi connectivity index (χ3n) is 2.84. The second-order valence-electron chi connectivity index (χ2n) is 4.39. The van der Waals surface area contributed by atoms with Crippen LogP contribution in [0.25, 0.3) is 0 Å². The lowest BCUT2D eigenvalue weighted by Gasteiger charge is -2.06. The van der Waals surface area contributed by atoms with Crippen LogP contribution in [0, 0.1) is 6.92 Å². The summed E-state index contributed by atoms with van der Waals surface area (Å²) in [7, 11) is 0. The molecule has 17 heavy (non-hydrogen) atoms. The van der Waals surface area contributed by atoms with Crippen molar-refractivity contribution in [2.75, 3.05) is 12.3 Å². The van der Waals surface area contributed by atoms with Gasteiger partial charge in [-0.05, 0) is 37.0 Å².